The van der Waals surface area contributed by atoms with Crippen LogP contribution in [0.3, 0.4) is 0 Å². The normalized spacial score (nSPS) is 18.7. The quantitative estimate of drug-likeness (QED) is 0.196. The van der Waals surface area contributed by atoms with Crippen molar-refractivity contribution >= 4 is 39.4 Å². The molecule has 10 rings (SSSR count). The van der Waals surface area contributed by atoms with Gasteiger partial charge in [0.2, 0.25) is 16.7 Å². The summed E-state index contributed by atoms with van der Waals surface area (Å²) in [6.07, 6.45) is 14.1. The van der Waals surface area contributed by atoms with E-state index in [-0.39, 0.29) is 58.9 Å². The minimum Gasteiger partial charge on any atom is -0.487 e. The zero-order valence-corrected chi connectivity index (χ0v) is 33.3. The van der Waals surface area contributed by atoms with Crippen LogP contribution in [-0.4, -0.2) is 90.2 Å². The van der Waals surface area contributed by atoms with E-state index in [0.717, 1.165) is 38.2 Å². The van der Waals surface area contributed by atoms with E-state index in [1.165, 1.54) is 23.6 Å². The summed E-state index contributed by atoms with van der Waals surface area (Å²) in [5, 5.41) is 30.1. The molecular weight excluding hydrogens is 802 g/mol. The summed E-state index contributed by atoms with van der Waals surface area (Å²) < 4.78 is 60.7. The number of hydrogen-bond donors (Lipinski definition) is 3. The van der Waals surface area contributed by atoms with E-state index < -0.39 is 45.8 Å². The first kappa shape index (κ1) is 41.1. The minimum atomic E-state index is -1.41. The number of anilines is 1. The van der Waals surface area contributed by atoms with Crippen LogP contribution in [0.25, 0.3) is 21.8 Å². The summed E-state index contributed by atoms with van der Waals surface area (Å²) >= 11 is 0. The molecule has 320 valence electrons. The Labute approximate surface area is 345 Å². The van der Waals surface area contributed by atoms with Gasteiger partial charge in [-0.1, -0.05) is 0 Å². The van der Waals surface area contributed by atoms with Crippen molar-refractivity contribution in [2.45, 2.75) is 63.7 Å². The van der Waals surface area contributed by atoms with E-state index in [1.54, 1.807) is 17.7 Å². The van der Waals surface area contributed by atoms with Gasteiger partial charge in [-0.3, -0.25) is 19.0 Å². The average Bonchev–Trinajstić information content (AvgIpc) is 4.01. The van der Waals surface area contributed by atoms with Gasteiger partial charge in [0.1, 0.15) is 30.0 Å². The molecular formula is C42H43F3N8O8. The number of ether oxygens (including phenoxy) is 2. The molecule has 19 heteroatoms. The zero-order valence-electron chi connectivity index (χ0n) is 33.3. The monoisotopic (exact) mass is 844 g/mol. The lowest BCUT2D eigenvalue weighted by atomic mass is 10.0. The Bertz CT molecular complexity index is 2740. The van der Waals surface area contributed by atoms with Crippen molar-refractivity contribution in [2.24, 2.45) is 0 Å². The molecule has 2 fully saturated rings. The molecule has 0 unspecified atom stereocenters. The lowest BCUT2D eigenvalue weighted by Crippen LogP contribution is -2.36. The van der Waals surface area contributed by atoms with Gasteiger partial charge >= 0.3 is 11.9 Å². The van der Waals surface area contributed by atoms with Crippen LogP contribution in [0.5, 0.6) is 11.5 Å². The van der Waals surface area contributed by atoms with Crippen molar-refractivity contribution in [3.63, 3.8) is 0 Å². The van der Waals surface area contributed by atoms with Gasteiger partial charge in [-0.05, 0) is 76.9 Å². The molecule has 2 aromatic carbocycles. The predicted octanol–water partition coefficient (Wildman–Crippen LogP) is 5.57. The highest BCUT2D eigenvalue weighted by Crippen LogP contribution is 2.43. The number of carboxylic acid groups (broad SMARTS) is 2. The van der Waals surface area contributed by atoms with Crippen LogP contribution in [0.15, 0.2) is 71.0 Å². The van der Waals surface area contributed by atoms with E-state index in [0.29, 0.717) is 42.2 Å². The number of aromatic nitrogens is 6. The Morgan fingerprint density at radius 1 is 0.721 bits per heavy atom. The van der Waals surface area contributed by atoms with Crippen molar-refractivity contribution in [1.29, 1.82) is 0 Å². The fourth-order valence-electron chi connectivity index (χ4n) is 8.42. The van der Waals surface area contributed by atoms with Crippen LogP contribution < -0.4 is 30.5 Å². The second-order valence-electron chi connectivity index (χ2n) is 15.5. The van der Waals surface area contributed by atoms with E-state index in [9.17, 15) is 33.1 Å². The highest BCUT2D eigenvalue weighted by molar-refractivity contribution is 5.97. The molecule has 4 aliphatic rings. The van der Waals surface area contributed by atoms with Gasteiger partial charge in [-0.15, -0.1) is 0 Å². The Morgan fingerprint density at radius 2 is 1.20 bits per heavy atom. The second-order valence-corrected chi connectivity index (χ2v) is 15.5. The second kappa shape index (κ2) is 16.8. The largest absolute Gasteiger partial charge is 0.487 e. The van der Waals surface area contributed by atoms with Gasteiger partial charge in [-0.25, -0.2) is 18.4 Å². The van der Waals surface area contributed by atoms with Gasteiger partial charge in [0.05, 0.1) is 46.0 Å². The number of rotatable bonds is 5. The summed E-state index contributed by atoms with van der Waals surface area (Å²) in [7, 11) is 0. The molecule has 0 saturated carbocycles. The lowest BCUT2D eigenvalue weighted by molar-refractivity contribution is 0.0683. The number of carbonyl (C=O) groups is 2. The summed E-state index contributed by atoms with van der Waals surface area (Å²) in [4.78, 5) is 49.3. The third kappa shape index (κ3) is 7.69. The van der Waals surface area contributed by atoms with Crippen molar-refractivity contribution < 1.29 is 42.4 Å². The molecule has 8 heterocycles. The summed E-state index contributed by atoms with van der Waals surface area (Å²) in [6.45, 7) is 7.42. The molecule has 2 saturated heterocycles. The minimum absolute atomic E-state index is 0.0316. The molecule has 2 atom stereocenters. The SMILES string of the molecule is C[C@H]1COc2c(F)c(F)cc3c(=O)c(C(=O)O)cn1c23.C[C@H]1COc2c(N3CCC(n4cccn4)CC3)c(F)cc3c(=O)c(C(=O)O)cn1c23.c1cnn(C2CCNCC2)c1. The molecule has 6 aromatic rings. The van der Waals surface area contributed by atoms with Gasteiger partial charge in [0, 0.05) is 50.3 Å². The molecule has 0 spiro atoms. The molecule has 61 heavy (non-hydrogen) atoms. The Balaban J connectivity index is 0.000000142. The van der Waals surface area contributed by atoms with Crippen LogP contribution in [0.1, 0.15) is 84.4 Å². The maximum Gasteiger partial charge on any atom is 0.341 e. The standard InChI is InChI=1S/C21H21FN4O4.C13H9F2NO4.C8H13N3/c1-12-11-30-20-17-14(19(27)15(21(28)29)10-25(12)17)9-16(22)18(20)24-7-3-13(4-8-24)26-6-2-5-23-26;1-5-4-20-12-9(15)8(14)2-6-10(12)16(5)3-7(11(6)17)13(18)19;1-4-10-11(7-1)8-2-5-9-6-3-8/h2,5-6,9-10,12-13H,3-4,7-8,11H2,1H3,(H,28,29);2-3,5H,4H2,1H3,(H,18,19);1,4,7-9H,2-3,5-6H2/t12-;5-;/m00./s1. The van der Waals surface area contributed by atoms with Gasteiger partial charge in [0.15, 0.2) is 23.1 Å². The Morgan fingerprint density at radius 3 is 1.69 bits per heavy atom. The number of nitrogens with one attached hydrogen (secondary N) is 1. The number of hydrogen-bond acceptors (Lipinski definition) is 10. The molecule has 0 radical (unpaired) electrons. The molecule has 0 aliphatic carbocycles. The molecule has 4 aliphatic heterocycles. The predicted molar refractivity (Wildman–Crippen MR) is 217 cm³/mol. The molecule has 16 nitrogen and oxygen atoms in total. The smallest absolute Gasteiger partial charge is 0.341 e. The number of piperidine rings is 2. The Kier molecular flexibility index (Phi) is 11.3. The van der Waals surface area contributed by atoms with Crippen LogP contribution in [0.4, 0.5) is 18.9 Å². The van der Waals surface area contributed by atoms with Gasteiger partial charge in [-0.2, -0.15) is 14.6 Å². The molecule has 4 aromatic heterocycles. The van der Waals surface area contributed by atoms with Crippen molar-refractivity contribution in [3.05, 3.63) is 110 Å². The first-order valence-corrected chi connectivity index (χ1v) is 20.0. The van der Waals surface area contributed by atoms with Crippen molar-refractivity contribution in [3.8, 4) is 11.5 Å². The number of halogens is 3. The van der Waals surface area contributed by atoms with E-state index in [1.807, 2.05) is 41.0 Å². The maximum atomic E-state index is 15.3. The fourth-order valence-corrected chi connectivity index (χ4v) is 8.42. The number of aromatic carboxylic acids is 2. The number of benzene rings is 2. The summed E-state index contributed by atoms with van der Waals surface area (Å²) in [6, 6.07) is 6.15. The highest BCUT2D eigenvalue weighted by atomic mass is 19.2. The van der Waals surface area contributed by atoms with Crippen LogP contribution in [-0.2, 0) is 0 Å². The number of pyridine rings is 2. The first-order valence-electron chi connectivity index (χ1n) is 20.0. The average molecular weight is 845 g/mol. The van der Waals surface area contributed by atoms with Crippen LogP contribution in [0, 0.1) is 17.5 Å². The van der Waals surface area contributed by atoms with E-state index in [4.69, 9.17) is 14.6 Å². The Hall–Kier alpha value is -6.63. The first-order chi connectivity index (χ1) is 29.3. The topological polar surface area (TPSA) is 188 Å². The summed E-state index contributed by atoms with van der Waals surface area (Å²) in [5.41, 5.74) is -1.54. The van der Waals surface area contributed by atoms with E-state index >= 15 is 4.39 Å². The zero-order chi connectivity index (χ0) is 43.1. The van der Waals surface area contributed by atoms with Gasteiger partial charge in [0.25, 0.3) is 0 Å². The molecule has 0 bridgehead atoms. The number of nitrogens with zero attached hydrogens (tertiary/aromatic N) is 7. The highest BCUT2D eigenvalue weighted by Gasteiger charge is 2.32. The van der Waals surface area contributed by atoms with Crippen LogP contribution >= 0.6 is 0 Å². The van der Waals surface area contributed by atoms with Crippen molar-refractivity contribution in [1.82, 2.24) is 34.0 Å². The molecule has 0 amide bonds. The third-order valence-corrected chi connectivity index (χ3v) is 11.6. The van der Waals surface area contributed by atoms with Gasteiger partial charge < -0.3 is 39.0 Å². The van der Waals surface area contributed by atoms with Crippen LogP contribution in [0.2, 0.25) is 0 Å². The fraction of sp³-hybridized carbons (Fsp3) is 0.381. The maximum absolute atomic E-state index is 15.3. The lowest BCUT2D eigenvalue weighted by Gasteiger charge is -2.36. The summed E-state index contributed by atoms with van der Waals surface area (Å²) in [5.74, 6) is -5.77. The molecule has 3 N–H and O–H groups in total. The third-order valence-electron chi connectivity index (χ3n) is 11.6. The van der Waals surface area contributed by atoms with E-state index in [2.05, 4.69) is 26.4 Å². The number of carboxylic acids is 2. The van der Waals surface area contributed by atoms with Crippen molar-refractivity contribution in [2.75, 3.05) is 44.3 Å².